The smallest absolute Gasteiger partial charge is 0.303 e. The van der Waals surface area contributed by atoms with Crippen molar-refractivity contribution in [1.82, 2.24) is 0 Å². The first-order chi connectivity index (χ1) is 12.1. The number of esters is 3. The van der Waals surface area contributed by atoms with Crippen molar-refractivity contribution in [2.24, 2.45) is 5.11 Å². The summed E-state index contributed by atoms with van der Waals surface area (Å²) in [4.78, 5) is 51.3. The van der Waals surface area contributed by atoms with Crippen molar-refractivity contribution in [2.75, 3.05) is 6.61 Å². The first kappa shape index (κ1) is 20.9. The van der Waals surface area contributed by atoms with E-state index >= 15 is 0 Å². The molecule has 1 aliphatic heterocycles. The fraction of sp³-hybridized carbons (Fsp3) is 0.750. The van der Waals surface area contributed by atoms with Crippen molar-refractivity contribution in [3.63, 3.8) is 0 Å². The molecular weight excluding hydrogens is 360 g/mol. The van der Waals surface area contributed by atoms with Gasteiger partial charge in [-0.25, -0.2) is 0 Å². The third-order valence-corrected chi connectivity index (χ3v) is 3.04. The van der Waals surface area contributed by atoms with Gasteiger partial charge in [-0.15, -0.1) is 10.1 Å². The normalized spacial score (nSPS) is 27.4. The standard InChI is InChI=1S/C12H16N4O10/c1-5(17)22-4-8-10(23-6(2)18)11(24-7(3)19)9(14-15-13)12(25-8)26-16(20)21/h8-12H,4H2,1-3H3/t8-,9?,10-,11-,12?/m1/s1. The van der Waals surface area contributed by atoms with Gasteiger partial charge in [0.05, 0.1) is 0 Å². The number of carbonyl (C=O) groups excluding carboxylic acids is 3. The molecule has 0 bridgehead atoms. The molecule has 0 spiro atoms. The summed E-state index contributed by atoms with van der Waals surface area (Å²) in [6.07, 6.45) is -5.94. The molecule has 0 radical (unpaired) electrons. The predicted molar refractivity (Wildman–Crippen MR) is 77.4 cm³/mol. The molecule has 0 amide bonds. The van der Waals surface area contributed by atoms with Gasteiger partial charge >= 0.3 is 17.9 Å². The molecule has 0 aromatic rings. The van der Waals surface area contributed by atoms with Crippen molar-refractivity contribution >= 4 is 17.9 Å². The van der Waals surface area contributed by atoms with E-state index in [9.17, 15) is 24.5 Å². The van der Waals surface area contributed by atoms with Gasteiger partial charge < -0.3 is 18.9 Å². The van der Waals surface area contributed by atoms with Gasteiger partial charge in [-0.2, -0.15) is 0 Å². The summed E-state index contributed by atoms with van der Waals surface area (Å²) in [5, 5.41) is 12.8. The Labute approximate surface area is 146 Å². The SMILES string of the molecule is CC(=O)OC[C@H]1OC(O[N+](=O)[O-])C(N=[N+]=[N-])[C@@H](OC(C)=O)[C@@H]1OC(C)=O. The molecule has 0 saturated carbocycles. The molecule has 26 heavy (non-hydrogen) atoms. The van der Waals surface area contributed by atoms with Crippen LogP contribution in [-0.4, -0.2) is 60.2 Å². The summed E-state index contributed by atoms with van der Waals surface area (Å²) >= 11 is 0. The molecule has 1 fully saturated rings. The van der Waals surface area contributed by atoms with Crippen LogP contribution in [0, 0.1) is 10.1 Å². The molecule has 14 nitrogen and oxygen atoms in total. The van der Waals surface area contributed by atoms with Crippen LogP contribution in [0.5, 0.6) is 0 Å². The van der Waals surface area contributed by atoms with E-state index in [0.717, 1.165) is 20.8 Å². The van der Waals surface area contributed by atoms with Crippen LogP contribution < -0.4 is 0 Å². The van der Waals surface area contributed by atoms with Crippen molar-refractivity contribution < 1.29 is 43.3 Å². The first-order valence-corrected chi connectivity index (χ1v) is 7.14. The van der Waals surface area contributed by atoms with E-state index in [1.807, 2.05) is 0 Å². The van der Waals surface area contributed by atoms with E-state index in [1.165, 1.54) is 0 Å². The molecule has 2 unspecified atom stereocenters. The molecule has 1 saturated heterocycles. The highest BCUT2D eigenvalue weighted by atomic mass is 17.0. The van der Waals surface area contributed by atoms with Gasteiger partial charge in [0.2, 0.25) is 6.29 Å². The second-order valence-corrected chi connectivity index (χ2v) is 5.02. The largest absolute Gasteiger partial charge is 0.463 e. The monoisotopic (exact) mass is 376 g/mol. The van der Waals surface area contributed by atoms with Crippen LogP contribution in [-0.2, 0) is 38.2 Å². The first-order valence-electron chi connectivity index (χ1n) is 7.14. The van der Waals surface area contributed by atoms with Crippen LogP contribution in [0.1, 0.15) is 20.8 Å². The van der Waals surface area contributed by atoms with E-state index in [2.05, 4.69) is 14.9 Å². The van der Waals surface area contributed by atoms with E-state index in [0.29, 0.717) is 0 Å². The number of hydrogen-bond donors (Lipinski definition) is 0. The quantitative estimate of drug-likeness (QED) is 0.111. The lowest BCUT2D eigenvalue weighted by atomic mass is 9.97. The topological polar surface area (TPSA) is 189 Å². The number of rotatable bonds is 7. The van der Waals surface area contributed by atoms with Gasteiger partial charge in [0.15, 0.2) is 12.2 Å². The summed E-state index contributed by atoms with van der Waals surface area (Å²) in [5.41, 5.74) is 8.69. The molecule has 144 valence electrons. The lowest BCUT2D eigenvalue weighted by molar-refractivity contribution is -0.783. The minimum absolute atomic E-state index is 0.494. The van der Waals surface area contributed by atoms with Crippen LogP contribution in [0.15, 0.2) is 5.11 Å². The molecule has 0 aliphatic carbocycles. The van der Waals surface area contributed by atoms with E-state index in [-0.39, 0.29) is 0 Å². The van der Waals surface area contributed by atoms with Crippen molar-refractivity contribution in [3.8, 4) is 0 Å². The molecule has 1 aliphatic rings. The lowest BCUT2D eigenvalue weighted by Gasteiger charge is -2.42. The Balaban J connectivity index is 3.28. The average Bonchev–Trinajstić information content (AvgIpc) is 2.49. The van der Waals surface area contributed by atoms with Gasteiger partial charge in [-0.3, -0.25) is 19.2 Å². The number of ether oxygens (including phenoxy) is 4. The maximum absolute atomic E-state index is 11.4. The Hall–Kier alpha value is -3.12. The maximum atomic E-state index is 11.4. The number of hydrogen-bond acceptors (Lipinski definition) is 11. The number of carbonyl (C=O) groups is 3. The average molecular weight is 376 g/mol. The molecule has 0 N–H and O–H groups in total. The van der Waals surface area contributed by atoms with Crippen LogP contribution in [0.3, 0.4) is 0 Å². The third-order valence-electron chi connectivity index (χ3n) is 3.04. The summed E-state index contributed by atoms with van der Waals surface area (Å²) in [5.74, 6) is -2.36. The van der Waals surface area contributed by atoms with Crippen molar-refractivity contribution in [1.29, 1.82) is 0 Å². The lowest BCUT2D eigenvalue weighted by Crippen LogP contribution is -2.61. The summed E-state index contributed by atoms with van der Waals surface area (Å²) in [6.45, 7) is 2.68. The molecule has 1 heterocycles. The van der Waals surface area contributed by atoms with Crippen LogP contribution in [0.2, 0.25) is 0 Å². The van der Waals surface area contributed by atoms with Gasteiger partial charge in [0, 0.05) is 25.7 Å². The molecule has 1 rings (SSSR count). The highest BCUT2D eigenvalue weighted by Crippen LogP contribution is 2.29. The van der Waals surface area contributed by atoms with Gasteiger partial charge in [-0.1, -0.05) is 5.11 Å². The van der Waals surface area contributed by atoms with E-state index in [1.54, 1.807) is 0 Å². The maximum Gasteiger partial charge on any atom is 0.303 e. The second-order valence-electron chi connectivity index (χ2n) is 5.02. The Bertz CT molecular complexity index is 619. The van der Waals surface area contributed by atoms with Gasteiger partial charge in [0.25, 0.3) is 5.09 Å². The fourth-order valence-electron chi connectivity index (χ4n) is 2.24. The predicted octanol–water partition coefficient (Wildman–Crippen LogP) is 0.0250. The Morgan fingerprint density at radius 3 is 2.19 bits per heavy atom. The molecule has 0 aromatic carbocycles. The summed E-state index contributed by atoms with van der Waals surface area (Å²) in [6, 6.07) is -1.55. The Morgan fingerprint density at radius 1 is 1.15 bits per heavy atom. The molecule has 14 heteroatoms. The van der Waals surface area contributed by atoms with Crippen molar-refractivity contribution in [2.45, 2.75) is 51.4 Å². The van der Waals surface area contributed by atoms with Gasteiger partial charge in [0.1, 0.15) is 18.8 Å². The minimum Gasteiger partial charge on any atom is -0.463 e. The fourth-order valence-corrected chi connectivity index (χ4v) is 2.24. The minimum atomic E-state index is -1.79. The highest BCUT2D eigenvalue weighted by Gasteiger charge is 2.51. The molecule has 5 atom stereocenters. The molecule has 0 aromatic heterocycles. The second kappa shape index (κ2) is 9.39. The number of azide groups is 1. The Morgan fingerprint density at radius 2 is 1.73 bits per heavy atom. The van der Waals surface area contributed by atoms with Crippen LogP contribution in [0.4, 0.5) is 0 Å². The zero-order chi connectivity index (χ0) is 19.9. The third kappa shape index (κ3) is 6.07. The number of nitrogens with zero attached hydrogens (tertiary/aromatic N) is 4. The molecular formula is C12H16N4O10. The zero-order valence-electron chi connectivity index (χ0n) is 14.0. The summed E-state index contributed by atoms with van der Waals surface area (Å²) < 4.78 is 20.1. The van der Waals surface area contributed by atoms with Gasteiger partial charge in [-0.05, 0) is 5.53 Å². The van der Waals surface area contributed by atoms with Crippen LogP contribution >= 0.6 is 0 Å². The van der Waals surface area contributed by atoms with E-state index < -0.39 is 60.2 Å². The van der Waals surface area contributed by atoms with E-state index in [4.69, 9.17) is 24.5 Å². The zero-order valence-corrected chi connectivity index (χ0v) is 14.0. The van der Waals surface area contributed by atoms with Crippen LogP contribution in [0.25, 0.3) is 10.4 Å². The Kier molecular flexibility index (Phi) is 7.55. The van der Waals surface area contributed by atoms with Crippen molar-refractivity contribution in [3.05, 3.63) is 20.6 Å². The summed E-state index contributed by atoms with van der Waals surface area (Å²) in [7, 11) is 0. The highest BCUT2D eigenvalue weighted by molar-refractivity contribution is 5.68.